The largest absolute Gasteiger partial charge is 0.326 e. The molecule has 0 saturated heterocycles. The lowest BCUT2D eigenvalue weighted by Crippen LogP contribution is -2.29. The van der Waals surface area contributed by atoms with Gasteiger partial charge in [-0.05, 0) is 49.1 Å². The molecule has 0 radical (unpaired) electrons. The third-order valence-electron chi connectivity index (χ3n) is 6.98. The van der Waals surface area contributed by atoms with Crippen molar-refractivity contribution in [1.82, 2.24) is 0 Å². The number of carbonyl (C=O) groups excluding carboxylic acids is 2. The Labute approximate surface area is 389 Å². The smallest absolute Gasteiger partial charge is 0.230 e. The molecule has 0 aliphatic heterocycles. The van der Waals surface area contributed by atoms with Crippen molar-refractivity contribution in [3.63, 3.8) is 0 Å². The van der Waals surface area contributed by atoms with E-state index in [1.807, 2.05) is 200 Å². The first-order valence-corrected chi connectivity index (χ1v) is 24.5. The molecule has 4 aromatic carbocycles. The Balaban J connectivity index is -0.0000000937. The van der Waals surface area contributed by atoms with E-state index in [1.165, 1.54) is 31.2 Å². The van der Waals surface area contributed by atoms with Crippen LogP contribution in [0.4, 0.5) is 11.4 Å². The summed E-state index contributed by atoms with van der Waals surface area (Å²) in [5, 5.41) is 5.79. The summed E-state index contributed by atoms with van der Waals surface area (Å²) in [7, 11) is 0. The van der Waals surface area contributed by atoms with E-state index in [-0.39, 0.29) is 22.6 Å². The number of carbonyl (C=O) groups is 2. The maximum atomic E-state index is 11.8. The Morgan fingerprint density at radius 2 is 0.532 bits per heavy atom. The molecule has 0 aliphatic rings. The summed E-state index contributed by atoms with van der Waals surface area (Å²) in [5.74, 6) is 0.150. The van der Waals surface area contributed by atoms with Gasteiger partial charge in [0.1, 0.15) is 0 Å². The second-order valence-electron chi connectivity index (χ2n) is 13.9. The van der Waals surface area contributed by atoms with Crippen LogP contribution >= 0.6 is 0 Å². The number of hydrogen-bond acceptors (Lipinski definition) is 2. The van der Waals surface area contributed by atoms with Crippen molar-refractivity contribution < 1.29 is 9.59 Å². The highest BCUT2D eigenvalue weighted by molar-refractivity contribution is 5.95. The number of anilines is 2. The van der Waals surface area contributed by atoms with E-state index in [4.69, 9.17) is 0 Å². The number of benzene rings is 4. The summed E-state index contributed by atoms with van der Waals surface area (Å²) in [6.07, 6.45) is 7.82. The quantitative estimate of drug-likeness (QED) is 0.194. The SMILES string of the molecule is CC.CC.CC.CC.CCC.CCC.CCC.CCC.CCC(C)(C)C(=O)Nc1ccccc1.CCC(C)(C)C(=O)Nc1ccccc1.CCc1ccccc1.c1ccccc1. The zero-order valence-corrected chi connectivity index (χ0v) is 45.4. The molecule has 0 bridgehead atoms. The third-order valence-corrected chi connectivity index (χ3v) is 6.98. The van der Waals surface area contributed by atoms with Crippen molar-refractivity contribution >= 4 is 23.2 Å². The first-order chi connectivity index (χ1) is 29.7. The zero-order chi connectivity index (χ0) is 50.1. The zero-order valence-electron chi connectivity index (χ0n) is 45.4. The summed E-state index contributed by atoms with van der Waals surface area (Å²) in [6, 6.07) is 41.5. The second-order valence-corrected chi connectivity index (χ2v) is 13.9. The Morgan fingerprint density at radius 1 is 0.355 bits per heavy atom. The first-order valence-electron chi connectivity index (χ1n) is 24.5. The molecule has 4 nitrogen and oxygen atoms in total. The highest BCUT2D eigenvalue weighted by Gasteiger charge is 2.25. The fourth-order valence-corrected chi connectivity index (χ4v) is 3.06. The van der Waals surface area contributed by atoms with Crippen LogP contribution in [0.5, 0.6) is 0 Å². The van der Waals surface area contributed by atoms with Crippen LogP contribution in [0.1, 0.15) is 203 Å². The molecule has 0 saturated carbocycles. The summed E-state index contributed by atoms with van der Waals surface area (Å²) < 4.78 is 0. The number of amides is 2. The van der Waals surface area contributed by atoms with E-state index in [1.54, 1.807) is 0 Å². The number of aryl methyl sites for hydroxylation is 1. The monoisotopic (exact) mass is 863 g/mol. The van der Waals surface area contributed by atoms with Crippen molar-refractivity contribution in [2.24, 2.45) is 10.8 Å². The fraction of sp³-hybridized carbons (Fsp3) is 0.552. The van der Waals surface area contributed by atoms with Gasteiger partial charge in [0.15, 0.2) is 0 Å². The van der Waals surface area contributed by atoms with Crippen LogP contribution < -0.4 is 10.6 Å². The highest BCUT2D eigenvalue weighted by Crippen LogP contribution is 2.23. The molecule has 0 aliphatic carbocycles. The molecule has 0 spiro atoms. The van der Waals surface area contributed by atoms with Crippen LogP contribution in [0, 0.1) is 10.8 Å². The molecular weight excluding hydrogens is 757 g/mol. The fourth-order valence-electron chi connectivity index (χ4n) is 3.06. The minimum absolute atomic E-state index is 0.0752. The first kappa shape index (κ1) is 75.2. The van der Waals surface area contributed by atoms with Gasteiger partial charge in [0.05, 0.1) is 0 Å². The minimum atomic E-state index is -0.296. The second kappa shape index (κ2) is 63.5. The Hall–Kier alpha value is -4.18. The molecule has 4 aromatic rings. The van der Waals surface area contributed by atoms with Gasteiger partial charge in [-0.25, -0.2) is 0 Å². The summed E-state index contributed by atoms with van der Waals surface area (Å²) in [4.78, 5) is 23.5. The maximum Gasteiger partial charge on any atom is 0.230 e. The average Bonchev–Trinajstić information content (AvgIpc) is 3.32. The van der Waals surface area contributed by atoms with Gasteiger partial charge in [0.25, 0.3) is 0 Å². The average molecular weight is 863 g/mol. The van der Waals surface area contributed by atoms with Gasteiger partial charge in [-0.15, -0.1) is 0 Å². The van der Waals surface area contributed by atoms with Crippen molar-refractivity contribution in [2.75, 3.05) is 10.6 Å². The summed E-state index contributed by atoms with van der Waals surface area (Å²) in [6.45, 7) is 47.0. The molecule has 0 aromatic heterocycles. The number of para-hydroxylation sites is 2. The van der Waals surface area contributed by atoms with Gasteiger partial charge < -0.3 is 10.6 Å². The minimum Gasteiger partial charge on any atom is -0.326 e. The van der Waals surface area contributed by atoms with Gasteiger partial charge in [0.2, 0.25) is 11.8 Å². The van der Waals surface area contributed by atoms with E-state index >= 15 is 0 Å². The highest BCUT2D eigenvalue weighted by atomic mass is 16.2. The Bertz CT molecular complexity index is 1210. The topological polar surface area (TPSA) is 58.2 Å². The molecule has 2 amide bonds. The molecule has 360 valence electrons. The molecule has 0 fully saturated rings. The Morgan fingerprint density at radius 3 is 0.694 bits per heavy atom. The summed E-state index contributed by atoms with van der Waals surface area (Å²) in [5.41, 5.74) is 2.54. The van der Waals surface area contributed by atoms with Crippen LogP contribution in [0.15, 0.2) is 127 Å². The number of hydrogen-bond donors (Lipinski definition) is 2. The van der Waals surface area contributed by atoms with Gasteiger partial charge in [0, 0.05) is 22.2 Å². The predicted octanol–water partition coefficient (Wildman–Crippen LogP) is 19.8. The molecular formula is C58H106N2O2. The van der Waals surface area contributed by atoms with Crippen LogP contribution in [0.2, 0.25) is 0 Å². The van der Waals surface area contributed by atoms with Crippen LogP contribution in [-0.4, -0.2) is 11.8 Å². The van der Waals surface area contributed by atoms with Crippen LogP contribution in [0.3, 0.4) is 0 Å². The molecule has 62 heavy (non-hydrogen) atoms. The van der Waals surface area contributed by atoms with Crippen LogP contribution in [0.25, 0.3) is 0 Å². The van der Waals surface area contributed by atoms with Crippen LogP contribution in [-0.2, 0) is 16.0 Å². The standard InChI is InChI=1S/2C12H17NO.C8H10.C6H6.4C3H8.4C2H6/c2*1-4-12(2,3)11(14)13-10-8-6-5-7-9-10;1-2-8-6-4-3-5-7-8;1-2-4-6-5-3-1;4*1-3-2;4*1-2/h2*5-9H,4H2,1-3H3,(H,13,14);3-7H,2H2,1H3;1-6H;4*3H2,1-2H3;4*1-2H3. The predicted molar refractivity (Wildman–Crippen MR) is 290 cm³/mol. The molecule has 0 heterocycles. The van der Waals surface area contributed by atoms with Crippen molar-refractivity contribution in [1.29, 1.82) is 0 Å². The third kappa shape index (κ3) is 57.9. The van der Waals surface area contributed by atoms with E-state index in [2.05, 4.69) is 97.2 Å². The van der Waals surface area contributed by atoms with E-state index < -0.39 is 0 Å². The van der Waals surface area contributed by atoms with Gasteiger partial charge in [-0.2, -0.15) is 0 Å². The summed E-state index contributed by atoms with van der Waals surface area (Å²) >= 11 is 0. The van der Waals surface area contributed by atoms with Crippen molar-refractivity contribution in [3.8, 4) is 0 Å². The van der Waals surface area contributed by atoms with E-state index in [0.717, 1.165) is 30.6 Å². The molecule has 2 N–H and O–H groups in total. The molecule has 0 atom stereocenters. The number of nitrogens with one attached hydrogen (secondary N) is 2. The van der Waals surface area contributed by atoms with Gasteiger partial charge in [-0.1, -0.05) is 288 Å². The van der Waals surface area contributed by atoms with Gasteiger partial charge in [-0.3, -0.25) is 9.59 Å². The van der Waals surface area contributed by atoms with E-state index in [0.29, 0.717) is 0 Å². The van der Waals surface area contributed by atoms with Crippen molar-refractivity contribution in [3.05, 3.63) is 133 Å². The van der Waals surface area contributed by atoms with Gasteiger partial charge >= 0.3 is 0 Å². The molecule has 4 rings (SSSR count). The Kier molecular flexibility index (Phi) is 77.0. The lowest BCUT2D eigenvalue weighted by Gasteiger charge is -2.21. The molecule has 0 unspecified atom stereocenters. The molecule has 4 heteroatoms. The maximum absolute atomic E-state index is 11.8. The van der Waals surface area contributed by atoms with Crippen molar-refractivity contribution in [2.45, 2.75) is 204 Å². The lowest BCUT2D eigenvalue weighted by atomic mass is 9.89. The lowest BCUT2D eigenvalue weighted by molar-refractivity contribution is -0.124. The number of rotatable bonds is 7. The van der Waals surface area contributed by atoms with E-state index in [9.17, 15) is 9.59 Å². The normalized spacial score (nSPS) is 8.50.